The number of hydrogen-bond donors (Lipinski definition) is 3. The fourth-order valence-corrected chi connectivity index (χ4v) is 7.88. The number of amides is 2. The molecule has 1 aromatic heterocycles. The predicted octanol–water partition coefficient (Wildman–Crippen LogP) is 2.71. The molecule has 0 radical (unpaired) electrons. The zero-order chi connectivity index (χ0) is 32.4. The minimum atomic E-state index is -3.80. The summed E-state index contributed by atoms with van der Waals surface area (Å²) in [7, 11) is -3.80. The van der Waals surface area contributed by atoms with Crippen LogP contribution < -0.4 is 20.9 Å². The van der Waals surface area contributed by atoms with Crippen LogP contribution in [0.15, 0.2) is 41.3 Å². The lowest BCUT2D eigenvalue weighted by Crippen LogP contribution is -2.49. The molecule has 4 N–H and O–H groups in total. The van der Waals surface area contributed by atoms with Crippen molar-refractivity contribution in [1.29, 1.82) is 0 Å². The molecule has 1 saturated carbocycles. The maximum absolute atomic E-state index is 15.8. The van der Waals surface area contributed by atoms with Crippen molar-refractivity contribution in [2.75, 3.05) is 55.7 Å². The molecule has 0 spiro atoms. The van der Waals surface area contributed by atoms with Gasteiger partial charge in [-0.15, -0.1) is 0 Å². The number of rotatable bonds is 10. The molecule has 3 heterocycles. The summed E-state index contributed by atoms with van der Waals surface area (Å²) in [6, 6.07) is 8.20. The number of piperazine rings is 1. The van der Waals surface area contributed by atoms with Crippen molar-refractivity contribution < 1.29 is 31.9 Å². The summed E-state index contributed by atoms with van der Waals surface area (Å²) in [6.45, 7) is 1.20. The zero-order valence-electron chi connectivity index (χ0n) is 24.9. The van der Waals surface area contributed by atoms with E-state index in [2.05, 4.69) is 10.3 Å². The van der Waals surface area contributed by atoms with Crippen molar-refractivity contribution in [3.63, 3.8) is 0 Å². The second kappa shape index (κ2) is 13.8. The first-order valence-electron chi connectivity index (χ1n) is 15.3. The number of nitrogens with zero attached hydrogens (tertiary/aromatic N) is 4. The molecule has 11 nitrogen and oxygen atoms in total. The molecular formula is C30H39ClF2N6O5S. The Bertz CT molecular complexity index is 1480. The minimum absolute atomic E-state index is 0.0194. The number of alkyl halides is 2. The van der Waals surface area contributed by atoms with Crippen molar-refractivity contribution in [2.24, 2.45) is 17.6 Å². The highest BCUT2D eigenvalue weighted by Crippen LogP contribution is 2.46. The molecule has 1 aromatic carbocycles. The number of nitrogens with one attached hydrogen (secondary N) is 1. The Morgan fingerprint density at radius 3 is 2.36 bits per heavy atom. The topological polar surface area (TPSA) is 149 Å². The first-order valence-corrected chi connectivity index (χ1v) is 17.1. The number of sulfonamides is 1. The lowest BCUT2D eigenvalue weighted by atomic mass is 9.77. The molecule has 1 aliphatic carbocycles. The van der Waals surface area contributed by atoms with Crippen molar-refractivity contribution in [3.8, 4) is 0 Å². The van der Waals surface area contributed by atoms with Crippen LogP contribution in [0.1, 0.15) is 44.1 Å². The van der Waals surface area contributed by atoms with Crippen molar-refractivity contribution in [2.45, 2.75) is 55.4 Å². The highest BCUT2D eigenvalue weighted by atomic mass is 35.5. The number of halogens is 3. The van der Waals surface area contributed by atoms with Gasteiger partial charge >= 0.3 is 0 Å². The van der Waals surface area contributed by atoms with Crippen LogP contribution in [0.2, 0.25) is 5.15 Å². The minimum Gasteiger partial charge on any atom is -0.395 e. The Morgan fingerprint density at radius 1 is 1.09 bits per heavy atom. The van der Waals surface area contributed by atoms with Crippen LogP contribution in [0.5, 0.6) is 0 Å². The molecule has 15 heteroatoms. The van der Waals surface area contributed by atoms with E-state index in [1.165, 1.54) is 28.6 Å². The van der Waals surface area contributed by atoms with Crippen molar-refractivity contribution >= 4 is 44.9 Å². The summed E-state index contributed by atoms with van der Waals surface area (Å²) in [6.07, 6.45) is 2.17. The average Bonchev–Trinajstić information content (AvgIpc) is 3.48. The number of benzene rings is 1. The first-order chi connectivity index (χ1) is 21.4. The van der Waals surface area contributed by atoms with Gasteiger partial charge in [-0.2, -0.15) is 4.31 Å². The normalized spacial score (nSPS) is 22.5. The number of pyridine rings is 1. The molecule has 0 bridgehead atoms. The van der Waals surface area contributed by atoms with E-state index in [-0.39, 0.29) is 91.3 Å². The number of aromatic nitrogens is 1. The van der Waals surface area contributed by atoms with Crippen LogP contribution >= 0.6 is 11.6 Å². The summed E-state index contributed by atoms with van der Waals surface area (Å²) in [5, 5.41) is 11.6. The third-order valence-corrected chi connectivity index (χ3v) is 11.1. The Morgan fingerprint density at radius 2 is 1.76 bits per heavy atom. The van der Waals surface area contributed by atoms with Crippen LogP contribution in [-0.4, -0.2) is 86.5 Å². The second-order valence-electron chi connectivity index (χ2n) is 11.9. The van der Waals surface area contributed by atoms with E-state index in [4.69, 9.17) is 22.4 Å². The van der Waals surface area contributed by atoms with E-state index < -0.39 is 27.9 Å². The highest BCUT2D eigenvalue weighted by Gasteiger charge is 2.44. The smallest absolute Gasteiger partial charge is 0.276 e. The number of anilines is 2. The molecule has 2 saturated heterocycles. The van der Waals surface area contributed by atoms with Gasteiger partial charge in [0.05, 0.1) is 11.5 Å². The van der Waals surface area contributed by atoms with Crippen LogP contribution in [0.4, 0.5) is 20.3 Å². The molecule has 3 aliphatic rings. The molecule has 246 valence electrons. The Balaban J connectivity index is 1.20. The van der Waals surface area contributed by atoms with E-state index in [0.717, 1.165) is 6.42 Å². The standard InChI is InChI=1S/C30H39ClF2N6O5S/c31-26-16-22(30(32,33)21-5-3-20(4-6-21)29(42)35-18-23(34)19-40)17-27(36-26)37-12-14-38(15-13-37)45(43,44)25-9-7-24(8-10-25)39-11-1-2-28(39)41/h7-10,16-17,20-21,23,40H,1-6,11-15,18-19,34H2,(H,35,42). The Hall–Kier alpha value is -2.91. The Labute approximate surface area is 266 Å². The maximum atomic E-state index is 15.8. The van der Waals surface area contributed by atoms with Gasteiger partial charge < -0.3 is 26.0 Å². The monoisotopic (exact) mass is 668 g/mol. The summed E-state index contributed by atoms with van der Waals surface area (Å²) in [5.74, 6) is -4.55. The van der Waals surface area contributed by atoms with Gasteiger partial charge in [-0.1, -0.05) is 11.6 Å². The maximum Gasteiger partial charge on any atom is 0.276 e. The quantitative estimate of drug-likeness (QED) is 0.327. The van der Waals surface area contributed by atoms with Gasteiger partial charge in [0.2, 0.25) is 21.8 Å². The third-order valence-electron chi connectivity index (χ3n) is 8.97. The number of aliphatic hydroxyl groups excluding tert-OH is 1. The number of aliphatic hydroxyl groups is 1. The van der Waals surface area contributed by atoms with Gasteiger partial charge in [0.25, 0.3) is 5.92 Å². The molecule has 3 fully saturated rings. The number of nitrogens with two attached hydrogens (primary N) is 1. The number of carbonyl (C=O) groups excluding carboxylic acids is 2. The van der Waals surface area contributed by atoms with Crippen LogP contribution in [0, 0.1) is 11.8 Å². The second-order valence-corrected chi connectivity index (χ2v) is 14.3. The number of hydrogen-bond acceptors (Lipinski definition) is 8. The molecule has 1 unspecified atom stereocenters. The zero-order valence-corrected chi connectivity index (χ0v) is 26.4. The lowest BCUT2D eigenvalue weighted by molar-refractivity contribution is -0.129. The summed E-state index contributed by atoms with van der Waals surface area (Å²) >= 11 is 6.22. The van der Waals surface area contributed by atoms with Gasteiger partial charge in [-0.3, -0.25) is 9.59 Å². The van der Waals surface area contributed by atoms with E-state index >= 15 is 8.78 Å². The predicted molar refractivity (Wildman–Crippen MR) is 166 cm³/mol. The molecule has 45 heavy (non-hydrogen) atoms. The molecule has 2 aliphatic heterocycles. The molecule has 2 amide bonds. The van der Waals surface area contributed by atoms with E-state index in [9.17, 15) is 18.0 Å². The summed E-state index contributed by atoms with van der Waals surface area (Å²) in [4.78, 5) is 32.2. The van der Waals surface area contributed by atoms with Crippen molar-refractivity contribution in [1.82, 2.24) is 14.6 Å². The third kappa shape index (κ3) is 7.40. The molecule has 1 atom stereocenters. The van der Waals surface area contributed by atoms with Crippen LogP contribution in [0.25, 0.3) is 0 Å². The Kier molecular flexibility index (Phi) is 10.3. The molecular weight excluding hydrogens is 630 g/mol. The summed E-state index contributed by atoms with van der Waals surface area (Å²) in [5.41, 5.74) is 6.03. The van der Waals surface area contributed by atoms with Crippen LogP contribution in [-0.2, 0) is 25.5 Å². The van der Waals surface area contributed by atoms with Crippen molar-refractivity contribution in [3.05, 3.63) is 47.1 Å². The number of carbonyl (C=O) groups is 2. The van der Waals surface area contributed by atoms with E-state index in [1.54, 1.807) is 21.9 Å². The largest absolute Gasteiger partial charge is 0.395 e. The van der Waals surface area contributed by atoms with Gasteiger partial charge in [-0.05, 0) is 68.5 Å². The van der Waals surface area contributed by atoms with Gasteiger partial charge in [-0.25, -0.2) is 22.2 Å². The SMILES string of the molecule is NC(CO)CNC(=O)C1CCC(C(F)(F)c2cc(Cl)nc(N3CCN(S(=O)(=O)c4ccc(N5CCCC5=O)cc4)CC3)c2)CC1. The van der Waals surface area contributed by atoms with Gasteiger partial charge in [0.15, 0.2) is 0 Å². The van der Waals surface area contributed by atoms with Crippen LogP contribution in [0.3, 0.4) is 0 Å². The van der Waals surface area contributed by atoms with E-state index in [1.807, 2.05) is 0 Å². The highest BCUT2D eigenvalue weighted by molar-refractivity contribution is 7.89. The fourth-order valence-electron chi connectivity index (χ4n) is 6.26. The fraction of sp³-hybridized carbons (Fsp3) is 0.567. The van der Waals surface area contributed by atoms with Gasteiger partial charge in [0, 0.05) is 74.8 Å². The summed E-state index contributed by atoms with van der Waals surface area (Å²) < 4.78 is 59.6. The average molecular weight is 669 g/mol. The first kappa shape index (κ1) is 33.5. The van der Waals surface area contributed by atoms with E-state index in [0.29, 0.717) is 31.5 Å². The molecule has 2 aromatic rings. The van der Waals surface area contributed by atoms with Gasteiger partial charge in [0.1, 0.15) is 11.0 Å². The lowest BCUT2D eigenvalue weighted by Gasteiger charge is -2.36. The molecule has 5 rings (SSSR count).